The fraction of sp³-hybridized carbons (Fsp3) is 0.231. The zero-order valence-electron chi connectivity index (χ0n) is 10.1. The van der Waals surface area contributed by atoms with Gasteiger partial charge in [-0.1, -0.05) is 11.6 Å². The monoisotopic (exact) mass is 268 g/mol. The van der Waals surface area contributed by atoms with Gasteiger partial charge in [-0.2, -0.15) is 0 Å². The molecular formula is C13H13ClO4. The zero-order valence-corrected chi connectivity index (χ0v) is 10.9. The number of rotatable bonds is 5. The maximum atomic E-state index is 11.9. The average Bonchev–Trinajstić information content (AvgIpc) is 2.37. The van der Waals surface area contributed by atoms with Crippen LogP contribution in [0.25, 0.3) is 0 Å². The standard InChI is InChI=1S/C13H13ClO4/c1-3-18-12-6-4-9(14)8-10(12)11(15)5-7-13(16)17-2/h4-8H,3H2,1-2H3/b7-5+. The summed E-state index contributed by atoms with van der Waals surface area (Å²) < 4.78 is 9.72. The van der Waals surface area contributed by atoms with Crippen LogP contribution in [0.15, 0.2) is 30.4 Å². The Hall–Kier alpha value is -1.81. The summed E-state index contributed by atoms with van der Waals surface area (Å²) >= 11 is 5.83. The molecule has 0 atom stereocenters. The first-order chi connectivity index (χ1) is 8.58. The molecule has 96 valence electrons. The highest BCUT2D eigenvalue weighted by molar-refractivity contribution is 6.31. The molecule has 5 heteroatoms. The molecule has 0 heterocycles. The van der Waals surface area contributed by atoms with E-state index in [1.807, 2.05) is 6.92 Å². The van der Waals surface area contributed by atoms with Gasteiger partial charge in [0.05, 0.1) is 19.3 Å². The van der Waals surface area contributed by atoms with Gasteiger partial charge in [0.15, 0.2) is 5.78 Å². The molecule has 0 saturated heterocycles. The molecule has 0 amide bonds. The highest BCUT2D eigenvalue weighted by Gasteiger charge is 2.11. The number of hydrogen-bond acceptors (Lipinski definition) is 4. The number of halogens is 1. The molecule has 0 fully saturated rings. The summed E-state index contributed by atoms with van der Waals surface area (Å²) in [6, 6.07) is 4.74. The van der Waals surface area contributed by atoms with Crippen LogP contribution >= 0.6 is 11.6 Å². The smallest absolute Gasteiger partial charge is 0.330 e. The topological polar surface area (TPSA) is 52.6 Å². The molecule has 4 nitrogen and oxygen atoms in total. The van der Waals surface area contributed by atoms with Crippen LogP contribution in [0.4, 0.5) is 0 Å². The van der Waals surface area contributed by atoms with Crippen molar-refractivity contribution in [1.82, 2.24) is 0 Å². The molecule has 18 heavy (non-hydrogen) atoms. The summed E-state index contributed by atoms with van der Waals surface area (Å²) in [6.45, 7) is 2.25. The summed E-state index contributed by atoms with van der Waals surface area (Å²) in [7, 11) is 1.24. The predicted molar refractivity (Wildman–Crippen MR) is 68.1 cm³/mol. The number of methoxy groups -OCH3 is 1. The molecule has 1 aromatic carbocycles. The van der Waals surface area contributed by atoms with E-state index in [9.17, 15) is 9.59 Å². The third-order valence-corrected chi connectivity index (χ3v) is 2.31. The summed E-state index contributed by atoms with van der Waals surface area (Å²) in [5.41, 5.74) is 0.310. The number of hydrogen-bond donors (Lipinski definition) is 0. The molecule has 0 radical (unpaired) electrons. The van der Waals surface area contributed by atoms with Gasteiger partial charge < -0.3 is 9.47 Å². The van der Waals surface area contributed by atoms with E-state index in [0.717, 1.165) is 12.2 Å². The van der Waals surface area contributed by atoms with E-state index in [2.05, 4.69) is 4.74 Å². The molecule has 0 aliphatic carbocycles. The van der Waals surface area contributed by atoms with E-state index in [-0.39, 0.29) is 5.78 Å². The Morgan fingerprint density at radius 1 is 1.33 bits per heavy atom. The van der Waals surface area contributed by atoms with Crippen LogP contribution in [0.2, 0.25) is 5.02 Å². The van der Waals surface area contributed by atoms with Crippen LogP contribution in [-0.2, 0) is 9.53 Å². The van der Waals surface area contributed by atoms with Crippen LogP contribution in [-0.4, -0.2) is 25.5 Å². The second-order valence-corrected chi connectivity index (χ2v) is 3.73. The first-order valence-electron chi connectivity index (χ1n) is 5.31. The lowest BCUT2D eigenvalue weighted by atomic mass is 10.1. The summed E-state index contributed by atoms with van der Waals surface area (Å²) in [5, 5.41) is 0.424. The molecule has 0 spiro atoms. The van der Waals surface area contributed by atoms with Crippen molar-refractivity contribution in [2.75, 3.05) is 13.7 Å². The van der Waals surface area contributed by atoms with Crippen molar-refractivity contribution in [3.63, 3.8) is 0 Å². The van der Waals surface area contributed by atoms with E-state index in [1.54, 1.807) is 12.1 Å². The second kappa shape index (κ2) is 6.81. The molecule has 1 aromatic rings. The van der Waals surface area contributed by atoms with Crippen LogP contribution < -0.4 is 4.74 Å². The quantitative estimate of drug-likeness (QED) is 0.468. The Kier molecular flexibility index (Phi) is 5.39. The van der Waals surface area contributed by atoms with Gasteiger partial charge in [-0.25, -0.2) is 4.79 Å². The Morgan fingerprint density at radius 2 is 2.06 bits per heavy atom. The first kappa shape index (κ1) is 14.3. The minimum Gasteiger partial charge on any atom is -0.493 e. The molecule has 0 aromatic heterocycles. The number of benzene rings is 1. The van der Waals surface area contributed by atoms with Crippen LogP contribution in [0.5, 0.6) is 5.75 Å². The lowest BCUT2D eigenvalue weighted by Crippen LogP contribution is -2.03. The van der Waals surface area contributed by atoms with Gasteiger partial charge in [0, 0.05) is 11.1 Å². The Morgan fingerprint density at radius 3 is 2.67 bits per heavy atom. The van der Waals surface area contributed by atoms with Crippen molar-refractivity contribution >= 4 is 23.4 Å². The van der Waals surface area contributed by atoms with E-state index in [0.29, 0.717) is 22.9 Å². The Balaban J connectivity index is 2.99. The Bertz CT molecular complexity index is 480. The minimum atomic E-state index is -0.594. The molecule has 1 rings (SSSR count). The van der Waals surface area contributed by atoms with E-state index < -0.39 is 5.97 Å². The Labute approximate surface area is 110 Å². The van der Waals surface area contributed by atoms with Crippen molar-refractivity contribution in [3.8, 4) is 5.75 Å². The number of ether oxygens (including phenoxy) is 2. The number of allylic oxidation sites excluding steroid dienone is 1. The molecule has 0 aliphatic heterocycles. The van der Waals surface area contributed by atoms with Gasteiger partial charge >= 0.3 is 5.97 Å². The number of carbonyl (C=O) groups is 2. The van der Waals surface area contributed by atoms with Gasteiger partial charge in [-0.3, -0.25) is 4.79 Å². The van der Waals surface area contributed by atoms with Crippen LogP contribution in [0, 0.1) is 0 Å². The van der Waals surface area contributed by atoms with Crippen LogP contribution in [0.3, 0.4) is 0 Å². The highest BCUT2D eigenvalue weighted by Crippen LogP contribution is 2.23. The fourth-order valence-corrected chi connectivity index (χ4v) is 1.45. The molecular weight excluding hydrogens is 256 g/mol. The largest absolute Gasteiger partial charge is 0.493 e. The van der Waals surface area contributed by atoms with Gasteiger partial charge in [0.25, 0.3) is 0 Å². The van der Waals surface area contributed by atoms with Crippen molar-refractivity contribution < 1.29 is 19.1 Å². The minimum absolute atomic E-state index is 0.310. The summed E-state index contributed by atoms with van der Waals surface area (Å²) in [4.78, 5) is 22.8. The number of carbonyl (C=O) groups excluding carboxylic acids is 2. The molecule has 0 aliphatic rings. The average molecular weight is 269 g/mol. The van der Waals surface area contributed by atoms with Crippen LogP contribution in [0.1, 0.15) is 17.3 Å². The van der Waals surface area contributed by atoms with Crippen molar-refractivity contribution in [3.05, 3.63) is 40.9 Å². The lowest BCUT2D eigenvalue weighted by molar-refractivity contribution is -0.134. The lowest BCUT2D eigenvalue weighted by Gasteiger charge is -2.07. The third-order valence-electron chi connectivity index (χ3n) is 2.08. The van der Waals surface area contributed by atoms with Crippen molar-refractivity contribution in [2.45, 2.75) is 6.92 Å². The number of esters is 1. The van der Waals surface area contributed by atoms with E-state index >= 15 is 0 Å². The molecule has 0 saturated carbocycles. The van der Waals surface area contributed by atoms with E-state index in [4.69, 9.17) is 16.3 Å². The molecule has 0 unspecified atom stereocenters. The second-order valence-electron chi connectivity index (χ2n) is 3.29. The number of ketones is 1. The highest BCUT2D eigenvalue weighted by atomic mass is 35.5. The maximum Gasteiger partial charge on any atom is 0.330 e. The predicted octanol–water partition coefficient (Wildman–Crippen LogP) is 2.65. The van der Waals surface area contributed by atoms with Crippen molar-refractivity contribution in [1.29, 1.82) is 0 Å². The maximum absolute atomic E-state index is 11.9. The normalized spacial score (nSPS) is 10.4. The first-order valence-corrected chi connectivity index (χ1v) is 5.69. The van der Waals surface area contributed by atoms with Gasteiger partial charge in [0.2, 0.25) is 0 Å². The van der Waals surface area contributed by atoms with Gasteiger partial charge in [-0.15, -0.1) is 0 Å². The molecule has 0 N–H and O–H groups in total. The molecule has 0 bridgehead atoms. The third kappa shape index (κ3) is 3.89. The SMILES string of the molecule is CCOc1ccc(Cl)cc1C(=O)/C=C/C(=O)OC. The fourth-order valence-electron chi connectivity index (χ4n) is 1.28. The van der Waals surface area contributed by atoms with Gasteiger partial charge in [-0.05, 0) is 31.2 Å². The van der Waals surface area contributed by atoms with E-state index in [1.165, 1.54) is 13.2 Å². The van der Waals surface area contributed by atoms with Crippen molar-refractivity contribution in [2.24, 2.45) is 0 Å². The zero-order chi connectivity index (χ0) is 13.5. The summed E-state index contributed by atoms with van der Waals surface area (Å²) in [5.74, 6) is -0.531. The van der Waals surface area contributed by atoms with Gasteiger partial charge in [0.1, 0.15) is 5.75 Å². The summed E-state index contributed by atoms with van der Waals surface area (Å²) in [6.07, 6.45) is 2.18.